The first-order chi connectivity index (χ1) is 6.13. The molecule has 0 aliphatic heterocycles. The summed E-state index contributed by atoms with van der Waals surface area (Å²) in [6, 6.07) is 0. The Bertz CT molecular complexity index is 250. The van der Waals surface area contributed by atoms with Crippen LogP contribution in [0.4, 0.5) is 0 Å². The van der Waals surface area contributed by atoms with Gasteiger partial charge in [0.25, 0.3) is 0 Å². The summed E-state index contributed by atoms with van der Waals surface area (Å²) in [4.78, 5) is 10.8. The Kier molecular flexibility index (Phi) is 1.30. The summed E-state index contributed by atoms with van der Waals surface area (Å²) in [5.41, 5.74) is -0.906. The van der Waals surface area contributed by atoms with Gasteiger partial charge in [0.15, 0.2) is 0 Å². The van der Waals surface area contributed by atoms with E-state index in [1.807, 2.05) is 0 Å². The minimum atomic E-state index is -0.530. The highest BCUT2D eigenvalue weighted by molar-refractivity contribution is 5.12. The topological polar surface area (TPSA) is 49.7 Å². The molecule has 4 aliphatic carbocycles. The van der Waals surface area contributed by atoms with Gasteiger partial charge in [0.1, 0.15) is 5.54 Å². The Morgan fingerprint density at radius 2 is 1.77 bits per heavy atom. The molecule has 0 heterocycles. The van der Waals surface area contributed by atoms with E-state index in [4.69, 9.17) is 0 Å². The van der Waals surface area contributed by atoms with Gasteiger partial charge in [-0.25, -0.2) is 0 Å². The molecule has 13 heavy (non-hydrogen) atoms. The molecule has 4 bridgehead atoms. The first-order valence-electron chi connectivity index (χ1n) is 5.20. The Labute approximate surface area is 77.5 Å². The van der Waals surface area contributed by atoms with Gasteiger partial charge < -0.3 is 5.11 Å². The first-order valence-corrected chi connectivity index (χ1v) is 5.20. The Morgan fingerprint density at radius 1 is 1.15 bits per heavy atom. The van der Waals surface area contributed by atoms with E-state index in [2.05, 4.69) is 5.18 Å². The van der Waals surface area contributed by atoms with Crippen LogP contribution < -0.4 is 0 Å². The maximum atomic E-state index is 10.8. The lowest BCUT2D eigenvalue weighted by Gasteiger charge is -2.57. The summed E-state index contributed by atoms with van der Waals surface area (Å²) in [6.45, 7) is 0. The van der Waals surface area contributed by atoms with Gasteiger partial charge in [-0.1, -0.05) is 5.18 Å². The molecule has 0 aromatic heterocycles. The van der Waals surface area contributed by atoms with Crippen LogP contribution in [0.5, 0.6) is 0 Å². The molecule has 2 unspecified atom stereocenters. The standard InChI is InChI=1S/C10H15NO2/c12-10-4-7-1-8(5-10)3-9(2-7,6-10)11-13/h7-8,12H,1-6H2. The SMILES string of the molecule is O=NC12CC3CC(CC(O)(C3)C1)C2. The van der Waals surface area contributed by atoms with E-state index in [9.17, 15) is 10.0 Å². The zero-order valence-electron chi connectivity index (χ0n) is 7.70. The predicted octanol–water partition coefficient (Wildman–Crippen LogP) is 1.84. The molecule has 4 rings (SSSR count). The Hall–Kier alpha value is -0.440. The lowest BCUT2D eigenvalue weighted by Crippen LogP contribution is -2.58. The van der Waals surface area contributed by atoms with Crippen molar-refractivity contribution in [1.29, 1.82) is 0 Å². The van der Waals surface area contributed by atoms with Gasteiger partial charge in [0.2, 0.25) is 0 Å². The average Bonchev–Trinajstić information content (AvgIpc) is 1.99. The van der Waals surface area contributed by atoms with Crippen molar-refractivity contribution in [2.45, 2.75) is 49.7 Å². The summed E-state index contributed by atoms with van der Waals surface area (Å²) in [7, 11) is 0. The first kappa shape index (κ1) is 7.92. The molecular weight excluding hydrogens is 166 g/mol. The van der Waals surface area contributed by atoms with Crippen LogP contribution in [-0.4, -0.2) is 16.2 Å². The highest BCUT2D eigenvalue weighted by atomic mass is 16.3. The molecule has 3 heteroatoms. The number of hydrogen-bond acceptors (Lipinski definition) is 3. The summed E-state index contributed by atoms with van der Waals surface area (Å²) in [5, 5.41) is 13.5. The van der Waals surface area contributed by atoms with E-state index in [0.717, 1.165) is 25.7 Å². The number of nitroso groups, excluding NO2 is 1. The summed E-state index contributed by atoms with van der Waals surface area (Å²) in [6.07, 6.45) is 5.57. The number of aliphatic hydroxyl groups is 1. The van der Waals surface area contributed by atoms with Crippen LogP contribution in [0.1, 0.15) is 38.5 Å². The smallest absolute Gasteiger partial charge is 0.106 e. The highest BCUT2D eigenvalue weighted by Gasteiger charge is 2.58. The lowest BCUT2D eigenvalue weighted by atomic mass is 9.51. The molecule has 3 nitrogen and oxygen atoms in total. The zero-order valence-corrected chi connectivity index (χ0v) is 7.70. The third-order valence-electron chi connectivity index (χ3n) is 4.19. The van der Waals surface area contributed by atoms with Crippen molar-refractivity contribution in [1.82, 2.24) is 0 Å². The van der Waals surface area contributed by atoms with Gasteiger partial charge in [-0.2, -0.15) is 4.91 Å². The van der Waals surface area contributed by atoms with Crippen molar-refractivity contribution >= 4 is 0 Å². The van der Waals surface area contributed by atoms with Crippen molar-refractivity contribution in [3.63, 3.8) is 0 Å². The fourth-order valence-electron chi connectivity index (χ4n) is 4.27. The van der Waals surface area contributed by atoms with Crippen LogP contribution in [0.2, 0.25) is 0 Å². The predicted molar refractivity (Wildman–Crippen MR) is 48.2 cm³/mol. The van der Waals surface area contributed by atoms with Crippen LogP contribution >= 0.6 is 0 Å². The maximum absolute atomic E-state index is 10.8. The minimum absolute atomic E-state index is 0.376. The molecule has 0 saturated heterocycles. The molecule has 2 atom stereocenters. The van der Waals surface area contributed by atoms with Crippen molar-refractivity contribution < 1.29 is 5.11 Å². The van der Waals surface area contributed by atoms with Gasteiger partial charge >= 0.3 is 0 Å². The Morgan fingerprint density at radius 3 is 2.23 bits per heavy atom. The second kappa shape index (κ2) is 2.14. The largest absolute Gasteiger partial charge is 0.390 e. The number of nitrogens with zero attached hydrogens (tertiary/aromatic N) is 1. The molecule has 4 aliphatic rings. The molecule has 0 amide bonds. The van der Waals surface area contributed by atoms with Crippen LogP contribution in [0.15, 0.2) is 5.18 Å². The van der Waals surface area contributed by atoms with Gasteiger partial charge in [-0.15, -0.1) is 0 Å². The van der Waals surface area contributed by atoms with Crippen molar-refractivity contribution in [2.24, 2.45) is 17.0 Å². The third-order valence-corrected chi connectivity index (χ3v) is 4.19. The molecular formula is C10H15NO2. The summed E-state index contributed by atoms with van der Waals surface area (Å²) < 4.78 is 0. The molecule has 72 valence electrons. The van der Waals surface area contributed by atoms with E-state index in [1.165, 1.54) is 6.42 Å². The molecule has 0 aromatic rings. The fourth-order valence-corrected chi connectivity index (χ4v) is 4.27. The molecule has 0 spiro atoms. The van der Waals surface area contributed by atoms with Crippen molar-refractivity contribution in [3.05, 3.63) is 4.91 Å². The van der Waals surface area contributed by atoms with E-state index in [0.29, 0.717) is 18.3 Å². The second-order valence-corrected chi connectivity index (χ2v) is 5.50. The van der Waals surface area contributed by atoms with Gasteiger partial charge in [-0.05, 0) is 43.9 Å². The average molecular weight is 181 g/mol. The number of rotatable bonds is 1. The van der Waals surface area contributed by atoms with E-state index in [1.54, 1.807) is 0 Å². The van der Waals surface area contributed by atoms with E-state index in [-0.39, 0.29) is 5.54 Å². The van der Waals surface area contributed by atoms with Gasteiger partial charge in [-0.3, -0.25) is 0 Å². The van der Waals surface area contributed by atoms with Gasteiger partial charge in [0, 0.05) is 6.42 Å². The van der Waals surface area contributed by atoms with Crippen LogP contribution in [0, 0.1) is 16.7 Å². The molecule has 4 saturated carbocycles. The molecule has 0 aromatic carbocycles. The summed E-state index contributed by atoms with van der Waals surface area (Å²) in [5.74, 6) is 1.15. The van der Waals surface area contributed by atoms with Crippen LogP contribution in [0.3, 0.4) is 0 Å². The highest BCUT2D eigenvalue weighted by Crippen LogP contribution is 2.58. The Balaban J connectivity index is 2.00. The van der Waals surface area contributed by atoms with Crippen LogP contribution in [0.25, 0.3) is 0 Å². The van der Waals surface area contributed by atoms with Crippen molar-refractivity contribution in [2.75, 3.05) is 0 Å². The zero-order chi connectivity index (χ0) is 9.10. The fraction of sp³-hybridized carbons (Fsp3) is 1.00. The molecule has 4 fully saturated rings. The quantitative estimate of drug-likeness (QED) is 0.627. The van der Waals surface area contributed by atoms with E-state index >= 15 is 0 Å². The van der Waals surface area contributed by atoms with Crippen molar-refractivity contribution in [3.8, 4) is 0 Å². The molecule has 0 radical (unpaired) electrons. The monoisotopic (exact) mass is 181 g/mol. The third kappa shape index (κ3) is 0.997. The molecule has 1 N–H and O–H groups in total. The maximum Gasteiger partial charge on any atom is 0.106 e. The minimum Gasteiger partial charge on any atom is -0.390 e. The number of hydrogen-bond donors (Lipinski definition) is 1. The van der Waals surface area contributed by atoms with Crippen LogP contribution in [-0.2, 0) is 0 Å². The summed E-state index contributed by atoms with van der Waals surface area (Å²) >= 11 is 0. The van der Waals surface area contributed by atoms with E-state index < -0.39 is 5.60 Å². The lowest BCUT2D eigenvalue weighted by molar-refractivity contribution is -0.132. The van der Waals surface area contributed by atoms with Gasteiger partial charge in [0.05, 0.1) is 5.60 Å². The second-order valence-electron chi connectivity index (χ2n) is 5.50. The normalized spacial score (nSPS) is 58.2.